The first kappa shape index (κ1) is 14.1. The standard InChI is InChI=1S/C12H21N3O2.ClH/c16-12(10-7-13-8-10)15-2-1-11(9-15)14-3-5-17-6-4-14;/h10-11,13H,1-9H2;1H. The lowest BCUT2D eigenvalue weighted by Crippen LogP contribution is -2.52. The summed E-state index contributed by atoms with van der Waals surface area (Å²) in [5, 5.41) is 3.17. The van der Waals surface area contributed by atoms with Gasteiger partial charge in [-0.25, -0.2) is 0 Å². The molecule has 1 amide bonds. The van der Waals surface area contributed by atoms with Crippen molar-refractivity contribution in [3.63, 3.8) is 0 Å². The number of likely N-dealkylation sites (tertiary alicyclic amines) is 1. The number of amides is 1. The summed E-state index contributed by atoms with van der Waals surface area (Å²) in [6.45, 7) is 7.35. The fourth-order valence-corrected chi connectivity index (χ4v) is 2.90. The molecule has 1 unspecified atom stereocenters. The van der Waals surface area contributed by atoms with Gasteiger partial charge in [0, 0.05) is 45.3 Å². The quantitative estimate of drug-likeness (QED) is 0.742. The first-order valence-corrected chi connectivity index (χ1v) is 6.66. The minimum Gasteiger partial charge on any atom is -0.379 e. The van der Waals surface area contributed by atoms with Gasteiger partial charge in [-0.3, -0.25) is 9.69 Å². The molecule has 5 nitrogen and oxygen atoms in total. The summed E-state index contributed by atoms with van der Waals surface area (Å²) < 4.78 is 5.37. The smallest absolute Gasteiger partial charge is 0.228 e. The van der Waals surface area contributed by atoms with Crippen molar-refractivity contribution < 1.29 is 9.53 Å². The van der Waals surface area contributed by atoms with Crippen LogP contribution in [0, 0.1) is 5.92 Å². The van der Waals surface area contributed by atoms with Gasteiger partial charge in [0.25, 0.3) is 0 Å². The van der Waals surface area contributed by atoms with Crippen LogP contribution < -0.4 is 5.32 Å². The zero-order valence-electron chi connectivity index (χ0n) is 10.6. The topological polar surface area (TPSA) is 44.8 Å². The number of morpholine rings is 1. The molecule has 6 heteroatoms. The maximum atomic E-state index is 12.1. The van der Waals surface area contributed by atoms with Gasteiger partial charge in [-0.05, 0) is 6.42 Å². The zero-order chi connectivity index (χ0) is 11.7. The third-order valence-electron chi connectivity index (χ3n) is 4.17. The second-order valence-electron chi connectivity index (χ2n) is 5.23. The van der Waals surface area contributed by atoms with Crippen molar-refractivity contribution >= 4 is 18.3 Å². The SMILES string of the molecule is Cl.O=C(C1CNC1)N1CCC(N2CCOCC2)C1. The first-order valence-electron chi connectivity index (χ1n) is 6.66. The minimum atomic E-state index is 0. The van der Waals surface area contributed by atoms with Crippen molar-refractivity contribution in [2.24, 2.45) is 5.92 Å². The second kappa shape index (κ2) is 6.19. The largest absolute Gasteiger partial charge is 0.379 e. The molecule has 0 aromatic carbocycles. The van der Waals surface area contributed by atoms with Gasteiger partial charge in [-0.1, -0.05) is 0 Å². The Morgan fingerprint density at radius 1 is 1.17 bits per heavy atom. The van der Waals surface area contributed by atoms with E-state index in [0.29, 0.717) is 11.9 Å². The molecule has 3 aliphatic heterocycles. The molecule has 0 aromatic heterocycles. The highest BCUT2D eigenvalue weighted by Crippen LogP contribution is 2.19. The summed E-state index contributed by atoms with van der Waals surface area (Å²) in [6, 6.07) is 0.566. The predicted molar refractivity (Wildman–Crippen MR) is 71.0 cm³/mol. The van der Waals surface area contributed by atoms with E-state index in [4.69, 9.17) is 4.74 Å². The van der Waals surface area contributed by atoms with Gasteiger partial charge in [0.05, 0.1) is 19.1 Å². The van der Waals surface area contributed by atoms with E-state index >= 15 is 0 Å². The average molecular weight is 276 g/mol. The van der Waals surface area contributed by atoms with Gasteiger partial charge in [-0.2, -0.15) is 0 Å². The molecule has 0 radical (unpaired) electrons. The summed E-state index contributed by atoms with van der Waals surface area (Å²) in [7, 11) is 0. The highest BCUT2D eigenvalue weighted by Gasteiger charge is 2.35. The van der Waals surface area contributed by atoms with E-state index < -0.39 is 0 Å². The molecular weight excluding hydrogens is 254 g/mol. The molecule has 0 spiro atoms. The van der Waals surface area contributed by atoms with Crippen molar-refractivity contribution in [3.8, 4) is 0 Å². The van der Waals surface area contributed by atoms with E-state index in [0.717, 1.165) is 58.9 Å². The molecule has 3 heterocycles. The summed E-state index contributed by atoms with van der Waals surface area (Å²) >= 11 is 0. The predicted octanol–water partition coefficient (Wildman–Crippen LogP) is -0.439. The van der Waals surface area contributed by atoms with Gasteiger partial charge in [-0.15, -0.1) is 12.4 Å². The Kier molecular flexibility index (Phi) is 4.84. The molecule has 3 rings (SSSR count). The Bertz CT molecular complexity index is 293. The van der Waals surface area contributed by atoms with Crippen molar-refractivity contribution in [3.05, 3.63) is 0 Å². The number of ether oxygens (including phenoxy) is 1. The molecule has 1 atom stereocenters. The van der Waals surface area contributed by atoms with Crippen LogP contribution in [0.5, 0.6) is 0 Å². The number of hydrogen-bond donors (Lipinski definition) is 1. The van der Waals surface area contributed by atoms with E-state index in [9.17, 15) is 4.79 Å². The van der Waals surface area contributed by atoms with Gasteiger partial charge in [0.15, 0.2) is 0 Å². The molecule has 3 saturated heterocycles. The second-order valence-corrected chi connectivity index (χ2v) is 5.23. The van der Waals surface area contributed by atoms with Crippen molar-refractivity contribution in [2.45, 2.75) is 12.5 Å². The Morgan fingerprint density at radius 3 is 2.50 bits per heavy atom. The summed E-state index contributed by atoms with van der Waals surface area (Å²) in [5.41, 5.74) is 0. The maximum absolute atomic E-state index is 12.1. The molecule has 3 fully saturated rings. The number of halogens is 1. The summed E-state index contributed by atoms with van der Waals surface area (Å²) in [6.07, 6.45) is 1.13. The third-order valence-corrected chi connectivity index (χ3v) is 4.17. The van der Waals surface area contributed by atoms with Crippen molar-refractivity contribution in [1.29, 1.82) is 0 Å². The van der Waals surface area contributed by atoms with E-state index in [1.165, 1.54) is 0 Å². The van der Waals surface area contributed by atoms with E-state index in [1.54, 1.807) is 0 Å². The number of nitrogens with zero attached hydrogens (tertiary/aromatic N) is 2. The number of carbonyl (C=O) groups is 1. The molecule has 0 aliphatic carbocycles. The lowest BCUT2D eigenvalue weighted by atomic mass is 10.0. The fourth-order valence-electron chi connectivity index (χ4n) is 2.90. The number of nitrogens with one attached hydrogen (secondary N) is 1. The Balaban J connectivity index is 0.00000120. The van der Waals surface area contributed by atoms with Gasteiger partial charge < -0.3 is 15.0 Å². The monoisotopic (exact) mass is 275 g/mol. The van der Waals surface area contributed by atoms with Crippen molar-refractivity contribution in [2.75, 3.05) is 52.5 Å². The van der Waals surface area contributed by atoms with Crippen LogP contribution in [0.3, 0.4) is 0 Å². The maximum Gasteiger partial charge on any atom is 0.228 e. The van der Waals surface area contributed by atoms with Crippen LogP contribution in [0.4, 0.5) is 0 Å². The highest BCUT2D eigenvalue weighted by molar-refractivity contribution is 5.85. The fraction of sp³-hybridized carbons (Fsp3) is 0.917. The lowest BCUT2D eigenvalue weighted by Gasteiger charge is -2.33. The molecule has 0 saturated carbocycles. The molecule has 18 heavy (non-hydrogen) atoms. The zero-order valence-corrected chi connectivity index (χ0v) is 11.5. The number of rotatable bonds is 2. The molecule has 1 N–H and O–H groups in total. The van der Waals surface area contributed by atoms with Gasteiger partial charge in [0.1, 0.15) is 0 Å². The average Bonchev–Trinajstić information content (AvgIpc) is 2.77. The van der Waals surface area contributed by atoms with Crippen LogP contribution >= 0.6 is 12.4 Å². The van der Waals surface area contributed by atoms with Crippen molar-refractivity contribution in [1.82, 2.24) is 15.1 Å². The van der Waals surface area contributed by atoms with Crippen LogP contribution in [0.2, 0.25) is 0 Å². The normalized spacial score (nSPS) is 29.8. The molecule has 3 aliphatic rings. The summed E-state index contributed by atoms with van der Waals surface area (Å²) in [5.74, 6) is 0.609. The van der Waals surface area contributed by atoms with Crippen LogP contribution in [-0.2, 0) is 9.53 Å². The van der Waals surface area contributed by atoms with E-state index in [2.05, 4.69) is 15.1 Å². The number of carbonyl (C=O) groups excluding carboxylic acids is 1. The van der Waals surface area contributed by atoms with Gasteiger partial charge in [0.2, 0.25) is 5.91 Å². The third kappa shape index (κ3) is 2.79. The number of hydrogen-bond acceptors (Lipinski definition) is 4. The Hall–Kier alpha value is -0.360. The molecule has 104 valence electrons. The van der Waals surface area contributed by atoms with E-state index in [-0.39, 0.29) is 18.3 Å². The lowest BCUT2D eigenvalue weighted by molar-refractivity contribution is -0.136. The van der Waals surface area contributed by atoms with Crippen LogP contribution in [0.15, 0.2) is 0 Å². The molecule has 0 bridgehead atoms. The van der Waals surface area contributed by atoms with Crippen LogP contribution in [0.25, 0.3) is 0 Å². The van der Waals surface area contributed by atoms with Crippen LogP contribution in [-0.4, -0.2) is 74.2 Å². The van der Waals surface area contributed by atoms with E-state index in [1.807, 2.05) is 0 Å². The Morgan fingerprint density at radius 2 is 1.89 bits per heavy atom. The Labute approximate surface area is 114 Å². The molecular formula is C12H22ClN3O2. The minimum absolute atomic E-state index is 0. The molecule has 0 aromatic rings. The van der Waals surface area contributed by atoms with Crippen LogP contribution in [0.1, 0.15) is 6.42 Å². The highest BCUT2D eigenvalue weighted by atomic mass is 35.5. The summed E-state index contributed by atoms with van der Waals surface area (Å²) in [4.78, 5) is 16.6. The first-order chi connectivity index (χ1) is 8.34. The van der Waals surface area contributed by atoms with Gasteiger partial charge >= 0.3 is 0 Å².